The number of aryl methyl sites for hydroxylation is 1. The van der Waals surface area contributed by atoms with Gasteiger partial charge in [-0.05, 0) is 43.7 Å². The second kappa shape index (κ2) is 8.45. The fourth-order valence-electron chi connectivity index (χ4n) is 2.20. The van der Waals surface area contributed by atoms with E-state index >= 15 is 0 Å². The van der Waals surface area contributed by atoms with Crippen LogP contribution in [0.5, 0.6) is 0 Å². The van der Waals surface area contributed by atoms with Crippen molar-refractivity contribution in [2.24, 2.45) is 0 Å². The van der Waals surface area contributed by atoms with Crippen molar-refractivity contribution in [3.63, 3.8) is 0 Å². The Labute approximate surface area is 163 Å². The van der Waals surface area contributed by atoms with Crippen LogP contribution in [0.2, 0.25) is 0 Å². The zero-order chi connectivity index (χ0) is 19.4. The van der Waals surface area contributed by atoms with Crippen LogP contribution >= 0.6 is 23.1 Å². The number of para-hydroxylation sites is 1. The number of hydrogen-bond acceptors (Lipinski definition) is 6. The molecule has 1 atom stereocenters. The second-order valence-electron chi connectivity index (χ2n) is 5.71. The Kier molecular flexibility index (Phi) is 6.02. The lowest BCUT2D eigenvalue weighted by Crippen LogP contribution is -2.23. The maximum Gasteiger partial charge on any atom is 0.237 e. The van der Waals surface area contributed by atoms with E-state index in [0.29, 0.717) is 9.47 Å². The van der Waals surface area contributed by atoms with Gasteiger partial charge in [0.05, 0.1) is 5.25 Å². The largest absolute Gasteiger partial charge is 0.330 e. The molecule has 0 aliphatic carbocycles. The first-order valence-corrected chi connectivity index (χ1v) is 9.70. The van der Waals surface area contributed by atoms with Crippen molar-refractivity contribution in [3.05, 3.63) is 59.7 Å². The van der Waals surface area contributed by atoms with Gasteiger partial charge in [-0.1, -0.05) is 41.3 Å². The quantitative estimate of drug-likeness (QED) is 0.565. The average molecular weight is 406 g/mol. The van der Waals surface area contributed by atoms with Gasteiger partial charge in [0.1, 0.15) is 17.3 Å². The molecule has 0 radical (unpaired) electrons. The van der Waals surface area contributed by atoms with Crippen LogP contribution in [0, 0.1) is 18.6 Å². The van der Waals surface area contributed by atoms with Crippen molar-refractivity contribution in [1.82, 2.24) is 10.2 Å². The van der Waals surface area contributed by atoms with Gasteiger partial charge < -0.3 is 10.6 Å². The lowest BCUT2D eigenvalue weighted by Gasteiger charge is -2.11. The van der Waals surface area contributed by atoms with Crippen molar-refractivity contribution < 1.29 is 13.6 Å². The Morgan fingerprint density at radius 2 is 1.85 bits per heavy atom. The summed E-state index contributed by atoms with van der Waals surface area (Å²) >= 11 is 2.46. The molecular formula is C18H16F2N4OS2. The Balaban J connectivity index is 1.62. The first-order chi connectivity index (χ1) is 12.9. The monoisotopic (exact) mass is 406 g/mol. The van der Waals surface area contributed by atoms with Crippen LogP contribution in [0.25, 0.3) is 0 Å². The summed E-state index contributed by atoms with van der Waals surface area (Å²) < 4.78 is 27.9. The molecule has 2 aromatic carbocycles. The van der Waals surface area contributed by atoms with E-state index in [1.807, 2.05) is 31.2 Å². The highest BCUT2D eigenvalue weighted by Crippen LogP contribution is 2.31. The first-order valence-electron chi connectivity index (χ1n) is 8.01. The highest BCUT2D eigenvalue weighted by atomic mass is 32.2. The van der Waals surface area contributed by atoms with E-state index in [1.165, 1.54) is 29.2 Å². The van der Waals surface area contributed by atoms with Gasteiger partial charge in [0.15, 0.2) is 4.34 Å². The third-order valence-electron chi connectivity index (χ3n) is 3.53. The molecule has 1 aromatic heterocycles. The molecule has 140 valence electrons. The summed E-state index contributed by atoms with van der Waals surface area (Å²) in [6.07, 6.45) is 0. The van der Waals surface area contributed by atoms with Gasteiger partial charge in [-0.15, -0.1) is 10.2 Å². The van der Waals surface area contributed by atoms with Gasteiger partial charge in [0, 0.05) is 5.69 Å². The zero-order valence-electron chi connectivity index (χ0n) is 14.5. The number of thioether (sulfide) groups is 1. The standard InChI is InChI=1S/C18H16F2N4OS2/c1-10-5-3-6-12(9-10)21-17-23-24-18(27-17)26-11(2)16(25)22-15-13(19)7-4-8-14(15)20/h3-9,11H,1-2H3,(H,21,23)(H,22,25)/t11-/m0/s1. The van der Waals surface area contributed by atoms with Crippen molar-refractivity contribution in [2.45, 2.75) is 23.4 Å². The summed E-state index contributed by atoms with van der Waals surface area (Å²) in [4.78, 5) is 12.2. The van der Waals surface area contributed by atoms with Crippen molar-refractivity contribution in [3.8, 4) is 0 Å². The Morgan fingerprint density at radius 1 is 1.15 bits per heavy atom. The molecular weight excluding hydrogens is 390 g/mol. The maximum atomic E-state index is 13.6. The van der Waals surface area contributed by atoms with Gasteiger partial charge in [-0.3, -0.25) is 4.79 Å². The molecule has 0 spiro atoms. The van der Waals surface area contributed by atoms with Crippen LogP contribution in [0.1, 0.15) is 12.5 Å². The van der Waals surface area contributed by atoms with Crippen molar-refractivity contribution >= 4 is 45.5 Å². The molecule has 0 bridgehead atoms. The SMILES string of the molecule is Cc1cccc(Nc2nnc(S[C@@H](C)C(=O)Nc3c(F)cccc3F)s2)c1. The molecule has 3 rings (SSSR count). The van der Waals surface area contributed by atoms with Gasteiger partial charge in [0.2, 0.25) is 11.0 Å². The number of aromatic nitrogens is 2. The molecule has 0 unspecified atom stereocenters. The van der Waals surface area contributed by atoms with Crippen LogP contribution in [-0.2, 0) is 4.79 Å². The number of carbonyl (C=O) groups excluding carboxylic acids is 1. The molecule has 27 heavy (non-hydrogen) atoms. The predicted molar refractivity (Wildman–Crippen MR) is 105 cm³/mol. The van der Waals surface area contributed by atoms with E-state index in [-0.39, 0.29) is 0 Å². The number of nitrogens with zero attached hydrogens (tertiary/aromatic N) is 2. The summed E-state index contributed by atoms with van der Waals surface area (Å²) in [5.74, 6) is -2.16. The molecule has 1 amide bonds. The van der Waals surface area contributed by atoms with Crippen molar-refractivity contribution in [1.29, 1.82) is 0 Å². The number of anilines is 3. The topological polar surface area (TPSA) is 66.9 Å². The molecule has 2 N–H and O–H groups in total. The smallest absolute Gasteiger partial charge is 0.237 e. The highest BCUT2D eigenvalue weighted by molar-refractivity contribution is 8.02. The molecule has 9 heteroatoms. The summed E-state index contributed by atoms with van der Waals surface area (Å²) in [5, 5.41) is 13.5. The fraction of sp³-hybridized carbons (Fsp3) is 0.167. The predicted octanol–water partition coefficient (Wildman–Crippen LogP) is 4.99. The summed E-state index contributed by atoms with van der Waals surface area (Å²) in [5.41, 5.74) is 1.56. The molecule has 0 aliphatic heterocycles. The van der Waals surface area contributed by atoms with E-state index < -0.39 is 28.5 Å². The maximum absolute atomic E-state index is 13.6. The Morgan fingerprint density at radius 3 is 2.56 bits per heavy atom. The van der Waals surface area contributed by atoms with Crippen LogP contribution in [-0.4, -0.2) is 21.4 Å². The minimum Gasteiger partial charge on any atom is -0.330 e. The fourth-order valence-corrected chi connectivity index (χ4v) is 4.12. The number of nitrogens with one attached hydrogen (secondary N) is 2. The van der Waals surface area contributed by atoms with E-state index in [9.17, 15) is 13.6 Å². The molecule has 1 heterocycles. The van der Waals surface area contributed by atoms with Crippen molar-refractivity contribution in [2.75, 3.05) is 10.6 Å². The minimum absolute atomic E-state index is 0.450. The Hall–Kier alpha value is -2.52. The number of carbonyl (C=O) groups is 1. The Bertz CT molecular complexity index is 944. The highest BCUT2D eigenvalue weighted by Gasteiger charge is 2.20. The summed E-state index contributed by atoms with van der Waals surface area (Å²) in [6.45, 7) is 3.62. The van der Waals surface area contributed by atoms with E-state index in [0.717, 1.165) is 23.4 Å². The number of rotatable bonds is 6. The average Bonchev–Trinajstić information content (AvgIpc) is 3.05. The van der Waals surface area contributed by atoms with Gasteiger partial charge in [-0.25, -0.2) is 8.78 Å². The number of benzene rings is 2. The number of halogens is 2. The normalized spacial score (nSPS) is 11.9. The van der Waals surface area contributed by atoms with E-state index in [1.54, 1.807) is 6.92 Å². The molecule has 0 aliphatic rings. The van der Waals surface area contributed by atoms with Crippen LogP contribution in [0.3, 0.4) is 0 Å². The third-order valence-corrected chi connectivity index (χ3v) is 5.56. The minimum atomic E-state index is -0.818. The van der Waals surface area contributed by atoms with Gasteiger partial charge in [0.25, 0.3) is 0 Å². The van der Waals surface area contributed by atoms with Crippen LogP contribution in [0.4, 0.5) is 25.3 Å². The molecule has 0 saturated carbocycles. The summed E-state index contributed by atoms with van der Waals surface area (Å²) in [7, 11) is 0. The molecule has 0 fully saturated rings. The first kappa shape index (κ1) is 19.2. The van der Waals surface area contributed by atoms with Gasteiger partial charge >= 0.3 is 0 Å². The molecule has 3 aromatic rings. The lowest BCUT2D eigenvalue weighted by molar-refractivity contribution is -0.115. The van der Waals surface area contributed by atoms with Crippen LogP contribution in [0.15, 0.2) is 46.8 Å². The zero-order valence-corrected chi connectivity index (χ0v) is 16.1. The molecule has 5 nitrogen and oxygen atoms in total. The van der Waals surface area contributed by atoms with Crippen LogP contribution < -0.4 is 10.6 Å². The van der Waals surface area contributed by atoms with E-state index in [4.69, 9.17) is 0 Å². The summed E-state index contributed by atoms with van der Waals surface area (Å²) in [6, 6.07) is 11.2. The lowest BCUT2D eigenvalue weighted by atomic mass is 10.2. The number of amides is 1. The third kappa shape index (κ3) is 5.01. The number of hydrogen-bond donors (Lipinski definition) is 2. The van der Waals surface area contributed by atoms with Gasteiger partial charge in [-0.2, -0.15) is 0 Å². The molecule has 0 saturated heterocycles. The second-order valence-corrected chi connectivity index (χ2v) is 8.28. The van der Waals surface area contributed by atoms with E-state index in [2.05, 4.69) is 20.8 Å².